The highest BCUT2D eigenvalue weighted by Gasteiger charge is 2.35. The number of amides is 5. The summed E-state index contributed by atoms with van der Waals surface area (Å²) in [6.45, 7) is 4.96. The van der Waals surface area contributed by atoms with Gasteiger partial charge in [0.2, 0.25) is 29.5 Å². The molecule has 0 aromatic carbocycles. The fourth-order valence-corrected chi connectivity index (χ4v) is 3.41. The van der Waals surface area contributed by atoms with Gasteiger partial charge >= 0.3 is 0 Å². The number of likely N-dealkylation sites (tertiary alicyclic amines) is 1. The third-order valence-electron chi connectivity index (χ3n) is 4.96. The molecule has 2 radical (unpaired) electrons. The van der Waals surface area contributed by atoms with Crippen LogP contribution in [0.4, 0.5) is 0 Å². The van der Waals surface area contributed by atoms with Gasteiger partial charge < -0.3 is 20.7 Å². The SMILES string of the molecule is [B]C(=O)CNC(=O)[C@H](C)NC(=O)C(NC(=O)CCCCCN1C(=O)CC(S)C1=O)C(C)C. The lowest BCUT2D eigenvalue weighted by Gasteiger charge is -2.23. The quantitative estimate of drug-likeness (QED) is 0.120. The lowest BCUT2D eigenvalue weighted by atomic mass is 10.0. The van der Waals surface area contributed by atoms with Gasteiger partial charge in [-0.25, -0.2) is 0 Å². The highest BCUT2D eigenvalue weighted by atomic mass is 32.1. The number of hydrogen-bond acceptors (Lipinski definition) is 7. The predicted molar refractivity (Wildman–Crippen MR) is 121 cm³/mol. The van der Waals surface area contributed by atoms with E-state index in [4.69, 9.17) is 7.85 Å². The first-order valence-electron chi connectivity index (χ1n) is 10.6. The zero-order valence-electron chi connectivity index (χ0n) is 18.7. The van der Waals surface area contributed by atoms with Crippen LogP contribution in [0.2, 0.25) is 0 Å². The molecular weight excluding hydrogens is 435 g/mol. The Morgan fingerprint density at radius 1 is 1.06 bits per heavy atom. The van der Waals surface area contributed by atoms with Gasteiger partial charge in [-0.15, -0.1) is 0 Å². The minimum atomic E-state index is -0.909. The van der Waals surface area contributed by atoms with Gasteiger partial charge in [0.25, 0.3) is 0 Å². The van der Waals surface area contributed by atoms with Crippen molar-refractivity contribution in [2.75, 3.05) is 13.1 Å². The van der Waals surface area contributed by atoms with E-state index in [1.807, 2.05) is 0 Å². The number of hydrogen-bond donors (Lipinski definition) is 4. The highest BCUT2D eigenvalue weighted by molar-refractivity contribution is 7.81. The first-order valence-corrected chi connectivity index (χ1v) is 11.1. The third-order valence-corrected chi connectivity index (χ3v) is 5.36. The topological polar surface area (TPSA) is 142 Å². The van der Waals surface area contributed by atoms with Crippen LogP contribution in [0.5, 0.6) is 0 Å². The summed E-state index contributed by atoms with van der Waals surface area (Å²) in [7, 11) is 4.97. The van der Waals surface area contributed by atoms with Crippen molar-refractivity contribution in [2.24, 2.45) is 5.92 Å². The van der Waals surface area contributed by atoms with E-state index in [-0.39, 0.29) is 43.0 Å². The summed E-state index contributed by atoms with van der Waals surface area (Å²) >= 11 is 4.07. The van der Waals surface area contributed by atoms with Crippen molar-refractivity contribution in [1.29, 1.82) is 0 Å². The van der Waals surface area contributed by atoms with Gasteiger partial charge in [-0.2, -0.15) is 12.6 Å². The average molecular weight is 466 g/mol. The summed E-state index contributed by atoms with van der Waals surface area (Å²) in [5.74, 6) is -2.11. The molecule has 0 aromatic heterocycles. The van der Waals surface area contributed by atoms with E-state index in [0.717, 1.165) is 0 Å². The van der Waals surface area contributed by atoms with E-state index in [9.17, 15) is 28.8 Å². The van der Waals surface area contributed by atoms with Gasteiger partial charge in [-0.3, -0.25) is 28.9 Å². The number of imide groups is 1. The average Bonchev–Trinajstić information content (AvgIpc) is 2.95. The second-order valence-electron chi connectivity index (χ2n) is 8.12. The van der Waals surface area contributed by atoms with Crippen LogP contribution in [0.25, 0.3) is 0 Å². The summed E-state index contributed by atoms with van der Waals surface area (Å²) in [6.07, 6.45) is 2.05. The fraction of sp³-hybridized carbons (Fsp3) is 0.700. The molecule has 1 fully saturated rings. The largest absolute Gasteiger partial charge is 0.348 e. The second-order valence-corrected chi connectivity index (χ2v) is 8.74. The Morgan fingerprint density at radius 3 is 2.25 bits per heavy atom. The van der Waals surface area contributed by atoms with Crippen LogP contribution >= 0.6 is 12.6 Å². The number of carbonyl (C=O) groups is 6. The summed E-state index contributed by atoms with van der Waals surface area (Å²) in [5, 5.41) is 6.93. The van der Waals surface area contributed by atoms with Crippen LogP contribution in [-0.2, 0) is 28.8 Å². The zero-order chi connectivity index (χ0) is 24.4. The van der Waals surface area contributed by atoms with Crippen LogP contribution in [-0.4, -0.2) is 78.4 Å². The van der Waals surface area contributed by atoms with Crippen molar-refractivity contribution in [3.63, 3.8) is 0 Å². The molecule has 32 heavy (non-hydrogen) atoms. The number of nitrogens with one attached hydrogen (secondary N) is 3. The van der Waals surface area contributed by atoms with Crippen molar-refractivity contribution in [2.45, 2.75) is 70.2 Å². The van der Waals surface area contributed by atoms with Crippen LogP contribution < -0.4 is 16.0 Å². The van der Waals surface area contributed by atoms with E-state index in [2.05, 4.69) is 28.6 Å². The molecule has 1 aliphatic heterocycles. The molecule has 1 saturated heterocycles. The molecule has 10 nitrogen and oxygen atoms in total. The first kappa shape index (κ1) is 27.7. The summed E-state index contributed by atoms with van der Waals surface area (Å²) in [5.41, 5.74) is -0.700. The van der Waals surface area contributed by atoms with Crippen molar-refractivity contribution in [3.05, 3.63) is 0 Å². The normalized spacial score (nSPS) is 17.8. The predicted octanol–water partition coefficient (Wildman–Crippen LogP) is -0.939. The monoisotopic (exact) mass is 466 g/mol. The molecule has 5 amide bonds. The number of unbranched alkanes of at least 4 members (excludes halogenated alkanes) is 2. The maximum Gasteiger partial charge on any atom is 0.243 e. The molecule has 0 spiro atoms. The molecule has 0 bridgehead atoms. The summed E-state index contributed by atoms with van der Waals surface area (Å²) in [6, 6.07) is -1.74. The molecule has 12 heteroatoms. The number of nitrogens with zero attached hydrogens (tertiary/aromatic N) is 1. The Kier molecular flexibility index (Phi) is 11.5. The smallest absolute Gasteiger partial charge is 0.243 e. The molecule has 0 aromatic rings. The zero-order valence-corrected chi connectivity index (χ0v) is 19.6. The van der Waals surface area contributed by atoms with Crippen molar-refractivity contribution in [1.82, 2.24) is 20.9 Å². The van der Waals surface area contributed by atoms with Gasteiger partial charge in [0.1, 0.15) is 12.1 Å². The standard InChI is InChI=1S/C20H31BN4O6S/c1-11(2)17(19(30)23-12(3)18(29)22-10-14(21)26)24-15(27)7-5-4-6-8-25-16(28)9-13(32)20(25)31/h11-13,17,32H,4-10H2,1-3H3,(H,22,29)(H,23,30)(H,24,27)/t12-,13?,17?/m0/s1. The number of carbonyl (C=O) groups excluding carboxylic acids is 6. The van der Waals surface area contributed by atoms with E-state index < -0.39 is 34.8 Å². The van der Waals surface area contributed by atoms with E-state index >= 15 is 0 Å². The van der Waals surface area contributed by atoms with Gasteiger partial charge in [0, 0.05) is 19.4 Å². The number of thiol groups is 1. The second kappa shape index (κ2) is 13.2. The molecule has 0 saturated carbocycles. The van der Waals surface area contributed by atoms with Crippen LogP contribution in [0, 0.1) is 5.92 Å². The Labute approximate surface area is 194 Å². The van der Waals surface area contributed by atoms with Gasteiger partial charge in [0.15, 0.2) is 7.85 Å². The van der Waals surface area contributed by atoms with Crippen molar-refractivity contribution in [3.8, 4) is 0 Å². The Morgan fingerprint density at radius 2 is 1.72 bits per heavy atom. The van der Waals surface area contributed by atoms with E-state index in [1.165, 1.54) is 11.8 Å². The molecule has 1 rings (SSSR count). The third kappa shape index (κ3) is 9.01. The molecule has 3 N–H and O–H groups in total. The lowest BCUT2D eigenvalue weighted by Crippen LogP contribution is -2.54. The molecule has 2 unspecified atom stereocenters. The van der Waals surface area contributed by atoms with Crippen LogP contribution in [0.3, 0.4) is 0 Å². The molecule has 3 atom stereocenters. The summed E-state index contributed by atoms with van der Waals surface area (Å²) in [4.78, 5) is 72.1. The van der Waals surface area contributed by atoms with E-state index in [0.29, 0.717) is 25.8 Å². The molecular formula is C20H31BN4O6S. The fourth-order valence-electron chi connectivity index (χ4n) is 3.11. The minimum Gasteiger partial charge on any atom is -0.348 e. The van der Waals surface area contributed by atoms with Gasteiger partial charge in [-0.1, -0.05) is 20.3 Å². The highest BCUT2D eigenvalue weighted by Crippen LogP contribution is 2.18. The first-order chi connectivity index (χ1) is 14.9. The molecule has 176 valence electrons. The van der Waals surface area contributed by atoms with Crippen molar-refractivity contribution >= 4 is 55.7 Å². The number of rotatable bonds is 13. The van der Waals surface area contributed by atoms with E-state index in [1.54, 1.807) is 13.8 Å². The van der Waals surface area contributed by atoms with Crippen LogP contribution in [0.15, 0.2) is 0 Å². The molecule has 1 aliphatic rings. The Hall–Kier alpha value is -2.37. The maximum absolute atomic E-state index is 12.5. The van der Waals surface area contributed by atoms with Crippen LogP contribution in [0.1, 0.15) is 52.9 Å². The Bertz CT molecular complexity index is 748. The lowest BCUT2D eigenvalue weighted by molar-refractivity contribution is -0.138. The molecule has 0 aliphatic carbocycles. The molecule has 1 heterocycles. The van der Waals surface area contributed by atoms with Crippen molar-refractivity contribution < 1.29 is 28.8 Å². The maximum atomic E-state index is 12.5. The summed E-state index contributed by atoms with van der Waals surface area (Å²) < 4.78 is 0. The minimum absolute atomic E-state index is 0.119. The Balaban J connectivity index is 2.39. The van der Waals surface area contributed by atoms with Gasteiger partial charge in [0.05, 0.1) is 17.5 Å². The van der Waals surface area contributed by atoms with Gasteiger partial charge in [-0.05, 0) is 25.7 Å².